The van der Waals surface area contributed by atoms with Gasteiger partial charge < -0.3 is 5.73 Å². The number of nitrogen functional groups attached to an aromatic ring is 1. The van der Waals surface area contributed by atoms with Gasteiger partial charge in [-0.3, -0.25) is 0 Å². The summed E-state index contributed by atoms with van der Waals surface area (Å²) in [5, 5.41) is 2.05. The van der Waals surface area contributed by atoms with E-state index in [0.29, 0.717) is 0 Å². The molecule has 0 atom stereocenters. The van der Waals surface area contributed by atoms with Gasteiger partial charge in [-0.05, 0) is 12.1 Å². The quantitative estimate of drug-likeness (QED) is 0.602. The minimum atomic E-state index is 0. The molecule has 0 saturated heterocycles. The standard InChI is InChI=1S/C13H10N2.ClH/c14-13-9-5-1-3-7-11(9)15-12-8-4-2-6-10(12)13;/h1-8H,(H2,14,15);1H. The molecular weight excluding hydrogens is 220 g/mol. The van der Waals surface area contributed by atoms with Gasteiger partial charge in [-0.1, -0.05) is 36.4 Å². The summed E-state index contributed by atoms with van der Waals surface area (Å²) in [5.74, 6) is 0. The first-order chi connectivity index (χ1) is 7.36. The van der Waals surface area contributed by atoms with E-state index in [0.717, 1.165) is 27.5 Å². The second kappa shape index (κ2) is 3.99. The fourth-order valence-corrected chi connectivity index (χ4v) is 1.87. The number of benzene rings is 2. The average Bonchev–Trinajstić information content (AvgIpc) is 2.30. The average molecular weight is 231 g/mol. The van der Waals surface area contributed by atoms with Gasteiger partial charge in [0.1, 0.15) is 0 Å². The molecule has 3 heteroatoms. The Morgan fingerprint density at radius 2 is 1.19 bits per heavy atom. The molecular formula is C13H11ClN2. The molecule has 1 aromatic heterocycles. The van der Waals surface area contributed by atoms with Crippen molar-refractivity contribution >= 4 is 39.9 Å². The summed E-state index contributed by atoms with van der Waals surface area (Å²) in [7, 11) is 0. The second-order valence-corrected chi connectivity index (χ2v) is 3.56. The van der Waals surface area contributed by atoms with Crippen molar-refractivity contribution in [2.24, 2.45) is 0 Å². The molecule has 0 radical (unpaired) electrons. The van der Waals surface area contributed by atoms with Gasteiger partial charge in [-0.2, -0.15) is 0 Å². The molecule has 2 aromatic carbocycles. The molecule has 0 unspecified atom stereocenters. The summed E-state index contributed by atoms with van der Waals surface area (Å²) in [6.45, 7) is 0. The highest BCUT2D eigenvalue weighted by Gasteiger charge is 2.03. The molecule has 0 amide bonds. The molecule has 3 rings (SSSR count). The molecule has 3 aromatic rings. The molecule has 2 nitrogen and oxygen atoms in total. The first-order valence-corrected chi connectivity index (χ1v) is 4.89. The van der Waals surface area contributed by atoms with Crippen molar-refractivity contribution in [1.29, 1.82) is 0 Å². The number of hydrogen-bond donors (Lipinski definition) is 1. The summed E-state index contributed by atoms with van der Waals surface area (Å²) in [6, 6.07) is 15.9. The molecule has 0 spiro atoms. The van der Waals surface area contributed by atoms with Crippen molar-refractivity contribution in [3.05, 3.63) is 48.5 Å². The van der Waals surface area contributed by atoms with Gasteiger partial charge in [-0.25, -0.2) is 4.98 Å². The van der Waals surface area contributed by atoms with Crippen LogP contribution in [0, 0.1) is 0 Å². The zero-order valence-corrected chi connectivity index (χ0v) is 9.37. The van der Waals surface area contributed by atoms with Crippen LogP contribution >= 0.6 is 12.4 Å². The Morgan fingerprint density at radius 1 is 0.750 bits per heavy atom. The molecule has 2 N–H and O–H groups in total. The number of hydrogen-bond acceptors (Lipinski definition) is 2. The maximum absolute atomic E-state index is 6.11. The van der Waals surface area contributed by atoms with Crippen molar-refractivity contribution in [2.75, 3.05) is 5.73 Å². The van der Waals surface area contributed by atoms with Crippen LogP contribution in [0.1, 0.15) is 0 Å². The topological polar surface area (TPSA) is 38.9 Å². The van der Waals surface area contributed by atoms with Crippen LogP contribution in [0.4, 0.5) is 5.69 Å². The lowest BCUT2D eigenvalue weighted by molar-refractivity contribution is 1.50. The summed E-state index contributed by atoms with van der Waals surface area (Å²) in [5.41, 5.74) is 8.84. The van der Waals surface area contributed by atoms with E-state index >= 15 is 0 Å². The summed E-state index contributed by atoms with van der Waals surface area (Å²) >= 11 is 0. The second-order valence-electron chi connectivity index (χ2n) is 3.56. The van der Waals surface area contributed by atoms with Crippen molar-refractivity contribution < 1.29 is 0 Å². The van der Waals surface area contributed by atoms with Crippen molar-refractivity contribution in [3.63, 3.8) is 0 Å². The molecule has 0 bridgehead atoms. The van der Waals surface area contributed by atoms with Crippen molar-refractivity contribution in [2.45, 2.75) is 0 Å². The van der Waals surface area contributed by atoms with Crippen LogP contribution in [0.15, 0.2) is 48.5 Å². The Bertz CT molecular complexity index is 596. The Hall–Kier alpha value is -1.80. The van der Waals surface area contributed by atoms with Gasteiger partial charge >= 0.3 is 0 Å². The predicted octanol–water partition coefficient (Wildman–Crippen LogP) is 3.39. The smallest absolute Gasteiger partial charge is 0.0730 e. The lowest BCUT2D eigenvalue weighted by Gasteiger charge is -2.05. The Kier molecular flexibility index (Phi) is 2.67. The predicted molar refractivity (Wildman–Crippen MR) is 70.9 cm³/mol. The number of nitrogens with zero attached hydrogens (tertiary/aromatic N) is 1. The summed E-state index contributed by atoms with van der Waals surface area (Å²) < 4.78 is 0. The van der Waals surface area contributed by atoms with Gasteiger partial charge in [0.05, 0.1) is 16.7 Å². The number of anilines is 1. The van der Waals surface area contributed by atoms with E-state index in [1.165, 1.54) is 0 Å². The fraction of sp³-hybridized carbons (Fsp3) is 0. The zero-order chi connectivity index (χ0) is 10.3. The highest BCUT2D eigenvalue weighted by Crippen LogP contribution is 2.27. The van der Waals surface area contributed by atoms with Crippen LogP contribution in [0.2, 0.25) is 0 Å². The number of rotatable bonds is 0. The summed E-state index contributed by atoms with van der Waals surface area (Å²) in [4.78, 5) is 4.56. The van der Waals surface area contributed by atoms with E-state index in [1.54, 1.807) is 0 Å². The maximum Gasteiger partial charge on any atom is 0.0730 e. The first kappa shape index (κ1) is 10.7. The van der Waals surface area contributed by atoms with Crippen molar-refractivity contribution in [1.82, 2.24) is 4.98 Å². The Balaban J connectivity index is 0.000000963. The minimum Gasteiger partial charge on any atom is -0.398 e. The molecule has 80 valence electrons. The van der Waals surface area contributed by atoms with Crippen LogP contribution in [0.3, 0.4) is 0 Å². The van der Waals surface area contributed by atoms with Crippen LogP contribution in [0.25, 0.3) is 21.8 Å². The number of aromatic nitrogens is 1. The molecule has 0 fully saturated rings. The third-order valence-corrected chi connectivity index (χ3v) is 2.63. The van der Waals surface area contributed by atoms with Gasteiger partial charge in [0, 0.05) is 10.8 Å². The van der Waals surface area contributed by atoms with E-state index in [-0.39, 0.29) is 12.4 Å². The number of halogens is 1. The maximum atomic E-state index is 6.11. The molecule has 0 aliphatic heterocycles. The van der Waals surface area contributed by atoms with E-state index in [2.05, 4.69) is 4.98 Å². The lowest BCUT2D eigenvalue weighted by Crippen LogP contribution is -1.91. The normalized spacial score (nSPS) is 10.2. The summed E-state index contributed by atoms with van der Waals surface area (Å²) in [6.07, 6.45) is 0. The highest BCUT2D eigenvalue weighted by molar-refractivity contribution is 6.06. The molecule has 1 heterocycles. The van der Waals surface area contributed by atoms with Gasteiger partial charge in [-0.15, -0.1) is 12.4 Å². The largest absolute Gasteiger partial charge is 0.398 e. The van der Waals surface area contributed by atoms with E-state index in [9.17, 15) is 0 Å². The number of nitrogens with two attached hydrogens (primary N) is 1. The number of fused-ring (bicyclic) bond motifs is 2. The SMILES string of the molecule is Cl.Nc1c2ccccc2nc2ccccc12. The third-order valence-electron chi connectivity index (χ3n) is 2.63. The minimum absolute atomic E-state index is 0. The van der Waals surface area contributed by atoms with E-state index < -0.39 is 0 Å². The highest BCUT2D eigenvalue weighted by atomic mass is 35.5. The van der Waals surface area contributed by atoms with Crippen LogP contribution < -0.4 is 5.73 Å². The first-order valence-electron chi connectivity index (χ1n) is 4.89. The van der Waals surface area contributed by atoms with Crippen LogP contribution in [-0.2, 0) is 0 Å². The van der Waals surface area contributed by atoms with Gasteiger partial charge in [0.2, 0.25) is 0 Å². The Labute approximate surface area is 99.5 Å². The third kappa shape index (κ3) is 1.48. The monoisotopic (exact) mass is 230 g/mol. The number of para-hydroxylation sites is 2. The van der Waals surface area contributed by atoms with Gasteiger partial charge in [0.25, 0.3) is 0 Å². The Morgan fingerprint density at radius 3 is 1.69 bits per heavy atom. The lowest BCUT2D eigenvalue weighted by atomic mass is 10.1. The molecule has 0 aliphatic carbocycles. The zero-order valence-electron chi connectivity index (χ0n) is 8.55. The molecule has 0 aliphatic rings. The number of pyridine rings is 1. The van der Waals surface area contributed by atoms with E-state index in [4.69, 9.17) is 5.73 Å². The van der Waals surface area contributed by atoms with Crippen molar-refractivity contribution in [3.8, 4) is 0 Å². The van der Waals surface area contributed by atoms with Gasteiger partial charge in [0.15, 0.2) is 0 Å². The van der Waals surface area contributed by atoms with Crippen LogP contribution in [0.5, 0.6) is 0 Å². The molecule has 0 saturated carbocycles. The fourth-order valence-electron chi connectivity index (χ4n) is 1.87. The van der Waals surface area contributed by atoms with Crippen LogP contribution in [-0.4, -0.2) is 4.98 Å². The molecule has 16 heavy (non-hydrogen) atoms. The van der Waals surface area contributed by atoms with E-state index in [1.807, 2.05) is 48.5 Å².